The molecule has 2 N–H and O–H groups in total. The van der Waals surface area contributed by atoms with Gasteiger partial charge in [-0.15, -0.1) is 0 Å². The number of benzene rings is 2. The molecule has 0 saturated carbocycles. The van der Waals surface area contributed by atoms with Gasteiger partial charge in [0.25, 0.3) is 0 Å². The van der Waals surface area contributed by atoms with Crippen molar-refractivity contribution in [1.29, 1.82) is 0 Å². The van der Waals surface area contributed by atoms with Gasteiger partial charge in [0.05, 0.1) is 0 Å². The molecule has 2 aromatic rings. The minimum Gasteiger partial charge on any atom is -0.473 e. The van der Waals surface area contributed by atoms with Crippen LogP contribution < -0.4 is 4.90 Å². The van der Waals surface area contributed by atoms with Gasteiger partial charge in [0, 0.05) is 26.3 Å². The maximum absolute atomic E-state index is 9.10. The average molecular weight is 399 g/mol. The summed E-state index contributed by atoms with van der Waals surface area (Å²) >= 11 is 0. The monoisotopic (exact) mass is 398 g/mol. The van der Waals surface area contributed by atoms with Gasteiger partial charge in [-0.3, -0.25) is 4.90 Å². The minimum absolute atomic E-state index is 0.852. The highest BCUT2D eigenvalue weighted by Gasteiger charge is 2.19. The van der Waals surface area contributed by atoms with Gasteiger partial charge in [0.2, 0.25) is 0 Å². The first-order chi connectivity index (χ1) is 13.8. The minimum atomic E-state index is -1.82. The number of piperidine rings is 1. The van der Waals surface area contributed by atoms with Crippen molar-refractivity contribution in [2.45, 2.75) is 25.8 Å². The number of anilines is 1. The molecule has 0 atom stereocenters. The lowest BCUT2D eigenvalue weighted by Gasteiger charge is -2.32. The second-order valence-corrected chi connectivity index (χ2v) is 7.58. The fraction of sp³-hybridized carbons (Fsp3) is 0.391. The summed E-state index contributed by atoms with van der Waals surface area (Å²) in [4.78, 5) is 23.0. The molecule has 1 fully saturated rings. The Hall–Kier alpha value is -2.86. The summed E-state index contributed by atoms with van der Waals surface area (Å²) in [6, 6.07) is 19.9. The van der Waals surface area contributed by atoms with Crippen molar-refractivity contribution in [1.82, 2.24) is 4.90 Å². The van der Waals surface area contributed by atoms with Crippen molar-refractivity contribution >= 4 is 17.6 Å². The Kier molecular flexibility index (Phi) is 8.68. The van der Waals surface area contributed by atoms with Crippen LogP contribution in [0, 0.1) is 5.92 Å². The number of carboxylic acid groups (broad SMARTS) is 2. The molecule has 1 heterocycles. The van der Waals surface area contributed by atoms with Crippen molar-refractivity contribution in [2.24, 2.45) is 5.92 Å². The first kappa shape index (κ1) is 22.4. The second-order valence-electron chi connectivity index (χ2n) is 7.58. The molecule has 6 heteroatoms. The molecular formula is C23H30N2O4. The number of rotatable bonds is 5. The molecule has 2 aromatic carbocycles. The molecule has 0 amide bonds. The van der Waals surface area contributed by atoms with Crippen LogP contribution in [-0.2, 0) is 22.6 Å². The summed E-state index contributed by atoms with van der Waals surface area (Å²) in [6.45, 7) is 3.55. The molecule has 1 saturated heterocycles. The van der Waals surface area contributed by atoms with Crippen LogP contribution in [0.15, 0.2) is 54.6 Å². The molecule has 0 unspecified atom stereocenters. The summed E-state index contributed by atoms with van der Waals surface area (Å²) in [5.41, 5.74) is 4.19. The molecule has 3 rings (SSSR count). The molecule has 156 valence electrons. The van der Waals surface area contributed by atoms with E-state index in [1.807, 2.05) is 0 Å². The number of hydrogen-bond acceptors (Lipinski definition) is 4. The van der Waals surface area contributed by atoms with Gasteiger partial charge in [0.1, 0.15) is 0 Å². The lowest BCUT2D eigenvalue weighted by atomic mass is 9.90. The quantitative estimate of drug-likeness (QED) is 0.752. The van der Waals surface area contributed by atoms with Crippen LogP contribution >= 0.6 is 0 Å². The molecule has 0 radical (unpaired) electrons. The standard InChI is InChI=1S/C21H28N2.C2H2O4/c1-22(2)21-10-8-20(9-11-21)17-23-14-12-19(13-15-23)16-18-6-4-3-5-7-18;3-1(4)2(5)6/h3-11,19H,12-17H2,1-2H3;(H,3,4)(H,5,6). The molecule has 1 aliphatic heterocycles. The maximum atomic E-state index is 9.10. The van der Waals surface area contributed by atoms with Gasteiger partial charge in [-0.05, 0) is 61.5 Å². The van der Waals surface area contributed by atoms with E-state index in [0.29, 0.717) is 0 Å². The second kappa shape index (κ2) is 11.2. The average Bonchev–Trinajstić information content (AvgIpc) is 2.71. The van der Waals surface area contributed by atoms with Gasteiger partial charge in [-0.1, -0.05) is 42.5 Å². The summed E-state index contributed by atoms with van der Waals surface area (Å²) in [5, 5.41) is 14.8. The van der Waals surface area contributed by atoms with E-state index < -0.39 is 11.9 Å². The molecule has 0 spiro atoms. The number of carboxylic acids is 2. The van der Waals surface area contributed by atoms with E-state index >= 15 is 0 Å². The van der Waals surface area contributed by atoms with Crippen LogP contribution in [0.4, 0.5) is 5.69 Å². The van der Waals surface area contributed by atoms with E-state index in [-0.39, 0.29) is 0 Å². The molecule has 29 heavy (non-hydrogen) atoms. The highest BCUT2D eigenvalue weighted by atomic mass is 16.4. The highest BCUT2D eigenvalue weighted by molar-refractivity contribution is 6.27. The van der Waals surface area contributed by atoms with Crippen molar-refractivity contribution in [3.8, 4) is 0 Å². The van der Waals surface area contributed by atoms with Crippen LogP contribution in [0.3, 0.4) is 0 Å². The van der Waals surface area contributed by atoms with Crippen LogP contribution in [0.5, 0.6) is 0 Å². The van der Waals surface area contributed by atoms with E-state index in [9.17, 15) is 0 Å². The predicted molar refractivity (Wildman–Crippen MR) is 114 cm³/mol. The number of nitrogens with zero attached hydrogens (tertiary/aromatic N) is 2. The fourth-order valence-corrected chi connectivity index (χ4v) is 3.45. The van der Waals surface area contributed by atoms with Crippen LogP contribution in [0.1, 0.15) is 24.0 Å². The topological polar surface area (TPSA) is 81.1 Å². The van der Waals surface area contributed by atoms with E-state index in [1.54, 1.807) is 0 Å². The van der Waals surface area contributed by atoms with Gasteiger partial charge in [-0.2, -0.15) is 0 Å². The van der Waals surface area contributed by atoms with E-state index in [0.717, 1.165) is 12.5 Å². The third-order valence-corrected chi connectivity index (χ3v) is 5.12. The Bertz CT molecular complexity index is 755. The molecule has 0 aliphatic carbocycles. The zero-order valence-corrected chi connectivity index (χ0v) is 17.1. The summed E-state index contributed by atoms with van der Waals surface area (Å²) < 4.78 is 0. The van der Waals surface area contributed by atoms with Gasteiger partial charge >= 0.3 is 11.9 Å². The Morgan fingerprint density at radius 2 is 1.45 bits per heavy atom. The van der Waals surface area contributed by atoms with Crippen molar-refractivity contribution in [3.05, 3.63) is 65.7 Å². The van der Waals surface area contributed by atoms with E-state index in [4.69, 9.17) is 19.8 Å². The molecule has 1 aliphatic rings. The normalized spacial score (nSPS) is 14.6. The van der Waals surface area contributed by atoms with Gasteiger partial charge in [-0.25, -0.2) is 9.59 Å². The molecule has 0 aromatic heterocycles. The highest BCUT2D eigenvalue weighted by Crippen LogP contribution is 2.23. The van der Waals surface area contributed by atoms with Gasteiger partial charge < -0.3 is 15.1 Å². The number of likely N-dealkylation sites (tertiary alicyclic amines) is 1. The number of aliphatic carboxylic acids is 2. The van der Waals surface area contributed by atoms with Crippen molar-refractivity contribution < 1.29 is 19.8 Å². The summed E-state index contributed by atoms with van der Waals surface area (Å²) in [5.74, 6) is -2.80. The summed E-state index contributed by atoms with van der Waals surface area (Å²) in [7, 11) is 4.18. The third kappa shape index (κ3) is 7.95. The zero-order chi connectivity index (χ0) is 21.2. The largest absolute Gasteiger partial charge is 0.473 e. The van der Waals surface area contributed by atoms with Crippen molar-refractivity contribution in [2.75, 3.05) is 32.1 Å². The molecule has 6 nitrogen and oxygen atoms in total. The molecular weight excluding hydrogens is 368 g/mol. The first-order valence-corrected chi connectivity index (χ1v) is 9.84. The van der Waals surface area contributed by atoms with Crippen LogP contribution in [-0.4, -0.2) is 54.2 Å². The van der Waals surface area contributed by atoms with Crippen molar-refractivity contribution in [3.63, 3.8) is 0 Å². The Labute approximate surface area is 172 Å². The van der Waals surface area contributed by atoms with Crippen LogP contribution in [0.25, 0.3) is 0 Å². The van der Waals surface area contributed by atoms with E-state index in [1.165, 1.54) is 49.2 Å². The molecule has 0 bridgehead atoms. The predicted octanol–water partition coefficient (Wildman–Crippen LogP) is 3.36. The Balaban J connectivity index is 0.000000438. The zero-order valence-electron chi connectivity index (χ0n) is 17.1. The fourth-order valence-electron chi connectivity index (χ4n) is 3.45. The van der Waals surface area contributed by atoms with Gasteiger partial charge in [0.15, 0.2) is 0 Å². The lowest BCUT2D eigenvalue weighted by molar-refractivity contribution is -0.159. The van der Waals surface area contributed by atoms with E-state index in [2.05, 4.69) is 78.5 Å². The lowest BCUT2D eigenvalue weighted by Crippen LogP contribution is -2.33. The van der Waals surface area contributed by atoms with Crippen LogP contribution in [0.2, 0.25) is 0 Å². The number of carbonyl (C=O) groups is 2. The maximum Gasteiger partial charge on any atom is 0.414 e. The Morgan fingerprint density at radius 3 is 1.93 bits per heavy atom. The first-order valence-electron chi connectivity index (χ1n) is 9.84. The third-order valence-electron chi connectivity index (χ3n) is 5.12. The Morgan fingerprint density at radius 1 is 0.897 bits per heavy atom. The number of hydrogen-bond donors (Lipinski definition) is 2. The SMILES string of the molecule is CN(C)c1ccc(CN2CCC(Cc3ccccc3)CC2)cc1.O=C(O)C(=O)O. The smallest absolute Gasteiger partial charge is 0.414 e. The summed E-state index contributed by atoms with van der Waals surface area (Å²) in [6.07, 6.45) is 3.89.